The molecule has 0 aromatic rings. The standard InChI is InChI=1S/C14H23NO3/c1-13(18,12(16)17)8-15-14-5-9-2-10(6-14)4-11(3-9)7-14/h9-11,15,18H,2-8H2,1H3,(H,16,17). The van der Waals surface area contributed by atoms with Gasteiger partial charge in [0.25, 0.3) is 0 Å². The molecule has 4 saturated carbocycles. The number of carboxylic acids is 1. The van der Waals surface area contributed by atoms with Gasteiger partial charge in [0.2, 0.25) is 0 Å². The van der Waals surface area contributed by atoms with Gasteiger partial charge in [0.1, 0.15) is 0 Å². The molecule has 4 nitrogen and oxygen atoms in total. The molecule has 4 bridgehead atoms. The van der Waals surface area contributed by atoms with Crippen LogP contribution in [0.5, 0.6) is 0 Å². The maximum absolute atomic E-state index is 10.9. The van der Waals surface area contributed by atoms with Crippen molar-refractivity contribution in [1.29, 1.82) is 0 Å². The molecule has 4 rings (SSSR count). The fraction of sp³-hybridized carbons (Fsp3) is 0.929. The summed E-state index contributed by atoms with van der Waals surface area (Å²) < 4.78 is 0. The smallest absolute Gasteiger partial charge is 0.336 e. The second-order valence-corrected chi connectivity index (χ2v) is 7.13. The lowest BCUT2D eigenvalue weighted by Crippen LogP contribution is -2.61. The molecule has 18 heavy (non-hydrogen) atoms. The van der Waals surface area contributed by atoms with E-state index in [1.54, 1.807) is 0 Å². The summed E-state index contributed by atoms with van der Waals surface area (Å²) in [6.45, 7) is 1.54. The Balaban J connectivity index is 1.67. The van der Waals surface area contributed by atoms with Crippen LogP contribution >= 0.6 is 0 Å². The van der Waals surface area contributed by atoms with Crippen molar-refractivity contribution >= 4 is 5.97 Å². The fourth-order valence-electron chi connectivity index (χ4n) is 4.76. The van der Waals surface area contributed by atoms with Crippen LogP contribution in [0, 0.1) is 17.8 Å². The Morgan fingerprint density at radius 1 is 1.22 bits per heavy atom. The van der Waals surface area contributed by atoms with Crippen molar-refractivity contribution in [3.63, 3.8) is 0 Å². The van der Waals surface area contributed by atoms with E-state index < -0.39 is 11.6 Å². The van der Waals surface area contributed by atoms with E-state index >= 15 is 0 Å². The number of carbonyl (C=O) groups is 1. The van der Waals surface area contributed by atoms with Gasteiger partial charge in [-0.15, -0.1) is 0 Å². The summed E-state index contributed by atoms with van der Waals surface area (Å²) in [6.07, 6.45) is 7.64. The van der Waals surface area contributed by atoms with Crippen LogP contribution in [0.4, 0.5) is 0 Å². The van der Waals surface area contributed by atoms with Gasteiger partial charge in [-0.05, 0) is 63.2 Å². The van der Waals surface area contributed by atoms with Crippen LogP contribution in [0.1, 0.15) is 45.4 Å². The summed E-state index contributed by atoms with van der Waals surface area (Å²) in [4.78, 5) is 10.9. The van der Waals surface area contributed by atoms with Crippen molar-refractivity contribution in [3.8, 4) is 0 Å². The molecule has 4 fully saturated rings. The minimum absolute atomic E-state index is 0.119. The van der Waals surface area contributed by atoms with E-state index in [4.69, 9.17) is 5.11 Å². The molecule has 0 saturated heterocycles. The highest BCUT2D eigenvalue weighted by atomic mass is 16.4. The van der Waals surface area contributed by atoms with E-state index in [2.05, 4.69) is 5.32 Å². The molecule has 0 amide bonds. The lowest BCUT2D eigenvalue weighted by Gasteiger charge is -2.57. The zero-order valence-electron chi connectivity index (χ0n) is 11.0. The van der Waals surface area contributed by atoms with Gasteiger partial charge in [-0.25, -0.2) is 4.79 Å². The van der Waals surface area contributed by atoms with Crippen molar-refractivity contribution in [3.05, 3.63) is 0 Å². The highest BCUT2D eigenvalue weighted by Gasteiger charge is 2.51. The minimum Gasteiger partial charge on any atom is -0.479 e. The largest absolute Gasteiger partial charge is 0.479 e. The van der Waals surface area contributed by atoms with E-state index in [9.17, 15) is 9.90 Å². The number of hydrogen-bond donors (Lipinski definition) is 3. The van der Waals surface area contributed by atoms with Gasteiger partial charge in [-0.3, -0.25) is 0 Å². The Hall–Kier alpha value is -0.610. The van der Waals surface area contributed by atoms with E-state index in [1.165, 1.54) is 45.4 Å². The van der Waals surface area contributed by atoms with Crippen LogP contribution in [0.25, 0.3) is 0 Å². The second-order valence-electron chi connectivity index (χ2n) is 7.13. The first-order valence-electron chi connectivity index (χ1n) is 7.09. The lowest BCUT2D eigenvalue weighted by molar-refractivity contribution is -0.157. The Labute approximate surface area is 108 Å². The van der Waals surface area contributed by atoms with Gasteiger partial charge >= 0.3 is 5.97 Å². The molecule has 0 aromatic carbocycles. The quantitative estimate of drug-likeness (QED) is 0.708. The first kappa shape index (κ1) is 12.4. The second kappa shape index (κ2) is 3.94. The van der Waals surface area contributed by atoms with Gasteiger partial charge in [0, 0.05) is 12.1 Å². The Bertz CT molecular complexity index is 329. The minimum atomic E-state index is -1.65. The third kappa shape index (κ3) is 2.05. The molecule has 3 N–H and O–H groups in total. The molecule has 102 valence electrons. The van der Waals surface area contributed by atoms with Crippen molar-refractivity contribution < 1.29 is 15.0 Å². The first-order chi connectivity index (χ1) is 8.39. The molecule has 0 heterocycles. The summed E-state index contributed by atoms with van der Waals surface area (Å²) in [5.74, 6) is 1.36. The number of nitrogens with one attached hydrogen (secondary N) is 1. The maximum atomic E-state index is 10.9. The number of aliphatic hydroxyl groups is 1. The Morgan fingerprint density at radius 2 is 1.67 bits per heavy atom. The number of β-amino-alcohol motifs (C(OH)–C–C–N with tert-alkyl or cyclic N) is 1. The third-order valence-electron chi connectivity index (χ3n) is 5.31. The summed E-state index contributed by atoms with van der Waals surface area (Å²) in [7, 11) is 0. The van der Waals surface area contributed by atoms with Gasteiger partial charge < -0.3 is 15.5 Å². The SMILES string of the molecule is CC(O)(CNC12CC3CC(CC(C3)C1)C2)C(=O)O. The maximum Gasteiger partial charge on any atom is 0.336 e. The molecule has 4 aliphatic rings. The fourth-order valence-corrected chi connectivity index (χ4v) is 4.76. The molecule has 4 aliphatic carbocycles. The molecule has 0 spiro atoms. The molecular weight excluding hydrogens is 230 g/mol. The van der Waals surface area contributed by atoms with Crippen LogP contribution in [-0.4, -0.2) is 33.9 Å². The van der Waals surface area contributed by atoms with Crippen LogP contribution < -0.4 is 5.32 Å². The number of carboxylic acid groups (broad SMARTS) is 1. The molecule has 0 radical (unpaired) electrons. The Kier molecular flexibility index (Phi) is 2.72. The van der Waals surface area contributed by atoms with E-state index in [-0.39, 0.29) is 12.1 Å². The zero-order chi connectivity index (χ0) is 13.0. The highest BCUT2D eigenvalue weighted by Crippen LogP contribution is 2.55. The van der Waals surface area contributed by atoms with Gasteiger partial charge in [-0.1, -0.05) is 0 Å². The van der Waals surface area contributed by atoms with Crippen LogP contribution in [0.15, 0.2) is 0 Å². The van der Waals surface area contributed by atoms with E-state index in [1.807, 2.05) is 0 Å². The van der Waals surface area contributed by atoms with Crippen LogP contribution in [0.2, 0.25) is 0 Å². The predicted octanol–water partition coefficient (Wildman–Crippen LogP) is 1.38. The first-order valence-corrected chi connectivity index (χ1v) is 7.09. The van der Waals surface area contributed by atoms with Crippen molar-refractivity contribution in [2.24, 2.45) is 17.8 Å². The molecule has 4 heteroatoms. The van der Waals surface area contributed by atoms with Crippen molar-refractivity contribution in [2.45, 2.75) is 56.6 Å². The molecular formula is C14H23NO3. The normalized spacial score (nSPS) is 44.9. The molecule has 1 atom stereocenters. The Morgan fingerprint density at radius 3 is 2.06 bits per heavy atom. The van der Waals surface area contributed by atoms with Crippen LogP contribution in [0.3, 0.4) is 0 Å². The average molecular weight is 253 g/mol. The number of aliphatic carboxylic acids is 1. The van der Waals surface area contributed by atoms with Gasteiger partial charge in [-0.2, -0.15) is 0 Å². The molecule has 1 unspecified atom stereocenters. The zero-order valence-corrected chi connectivity index (χ0v) is 11.0. The topological polar surface area (TPSA) is 69.6 Å². The van der Waals surface area contributed by atoms with Crippen molar-refractivity contribution in [2.75, 3.05) is 6.54 Å². The summed E-state index contributed by atoms with van der Waals surface area (Å²) in [5, 5.41) is 22.2. The van der Waals surface area contributed by atoms with Crippen molar-refractivity contribution in [1.82, 2.24) is 5.32 Å². The molecule has 0 aliphatic heterocycles. The molecule has 0 aromatic heterocycles. The monoisotopic (exact) mass is 253 g/mol. The predicted molar refractivity (Wildman–Crippen MR) is 67.2 cm³/mol. The van der Waals surface area contributed by atoms with Gasteiger partial charge in [0.05, 0.1) is 0 Å². The van der Waals surface area contributed by atoms with E-state index in [0.29, 0.717) is 0 Å². The highest BCUT2D eigenvalue weighted by molar-refractivity contribution is 5.76. The van der Waals surface area contributed by atoms with E-state index in [0.717, 1.165) is 17.8 Å². The summed E-state index contributed by atoms with van der Waals surface area (Å²) in [6, 6.07) is 0. The third-order valence-corrected chi connectivity index (χ3v) is 5.31. The lowest BCUT2D eigenvalue weighted by atomic mass is 9.53. The number of rotatable bonds is 4. The summed E-state index contributed by atoms with van der Waals surface area (Å²) >= 11 is 0. The van der Waals surface area contributed by atoms with Gasteiger partial charge in [0.15, 0.2) is 5.60 Å². The summed E-state index contributed by atoms with van der Waals surface area (Å²) in [5.41, 5.74) is -1.53. The number of hydrogen-bond acceptors (Lipinski definition) is 3. The van der Waals surface area contributed by atoms with Crippen LogP contribution in [-0.2, 0) is 4.79 Å². The average Bonchev–Trinajstić information content (AvgIpc) is 2.24.